The zero-order valence-corrected chi connectivity index (χ0v) is 15.5. The highest BCUT2D eigenvalue weighted by Gasteiger charge is 2.15. The molecule has 0 aliphatic carbocycles. The number of carbonyl (C=O) groups is 1. The summed E-state index contributed by atoms with van der Waals surface area (Å²) < 4.78 is 0. The number of hydrogen-bond donors (Lipinski definition) is 1. The zero-order valence-electron chi connectivity index (χ0n) is 14.7. The van der Waals surface area contributed by atoms with Crippen molar-refractivity contribution in [2.45, 2.75) is 13.8 Å². The van der Waals surface area contributed by atoms with Gasteiger partial charge in [-0.05, 0) is 50.2 Å². The number of amides is 1. The molecule has 1 amide bonds. The Hall–Kier alpha value is -2.59. The number of nitrogens with one attached hydrogen (secondary N) is 1. The Balaban J connectivity index is 2.00. The van der Waals surface area contributed by atoms with Crippen LogP contribution in [0.3, 0.4) is 0 Å². The number of nitrogens with zero attached hydrogens (tertiary/aromatic N) is 2. The second-order valence-corrected chi connectivity index (χ2v) is 6.76. The van der Waals surface area contributed by atoms with Crippen molar-refractivity contribution in [2.24, 2.45) is 0 Å². The fourth-order valence-electron chi connectivity index (χ4n) is 2.81. The van der Waals surface area contributed by atoms with Gasteiger partial charge in [-0.2, -0.15) is 0 Å². The van der Waals surface area contributed by atoms with E-state index < -0.39 is 0 Å². The fraction of sp³-hybridized carbons (Fsp3) is 0.200. The van der Waals surface area contributed by atoms with Gasteiger partial charge in [-0.25, -0.2) is 0 Å². The van der Waals surface area contributed by atoms with Crippen molar-refractivity contribution in [1.29, 1.82) is 0 Å². The molecule has 0 bridgehead atoms. The summed E-state index contributed by atoms with van der Waals surface area (Å²) in [5.74, 6) is -0.196. The predicted molar refractivity (Wildman–Crippen MR) is 105 cm³/mol. The summed E-state index contributed by atoms with van der Waals surface area (Å²) in [5.41, 5.74) is 4.84. The summed E-state index contributed by atoms with van der Waals surface area (Å²) in [6.07, 6.45) is 0. The zero-order chi connectivity index (χ0) is 18.1. The second-order valence-electron chi connectivity index (χ2n) is 6.33. The van der Waals surface area contributed by atoms with Gasteiger partial charge in [0.25, 0.3) is 5.91 Å². The molecule has 0 saturated carbocycles. The van der Waals surface area contributed by atoms with Gasteiger partial charge in [-0.1, -0.05) is 23.2 Å². The molecule has 2 aromatic carbocycles. The van der Waals surface area contributed by atoms with Gasteiger partial charge in [0.1, 0.15) is 0 Å². The van der Waals surface area contributed by atoms with Crippen molar-refractivity contribution in [3.63, 3.8) is 0 Å². The Bertz CT molecular complexity index is 967. The van der Waals surface area contributed by atoms with Crippen LogP contribution in [0.25, 0.3) is 10.9 Å². The van der Waals surface area contributed by atoms with Crippen LogP contribution in [-0.2, 0) is 0 Å². The number of benzene rings is 2. The number of hydrogen-bond acceptors (Lipinski definition) is 3. The minimum absolute atomic E-state index is 0.196. The van der Waals surface area contributed by atoms with Crippen molar-refractivity contribution in [3.05, 3.63) is 64.3 Å². The van der Waals surface area contributed by atoms with Crippen molar-refractivity contribution >= 4 is 39.8 Å². The number of aryl methyl sites for hydroxylation is 2. The summed E-state index contributed by atoms with van der Waals surface area (Å²) in [4.78, 5) is 19.3. The first-order chi connectivity index (χ1) is 11.8. The number of anilines is 2. The first-order valence-corrected chi connectivity index (χ1v) is 8.39. The lowest BCUT2D eigenvalue weighted by Crippen LogP contribution is -2.18. The van der Waals surface area contributed by atoms with Gasteiger partial charge in [0.2, 0.25) is 0 Å². The maximum absolute atomic E-state index is 12.8. The monoisotopic (exact) mass is 353 g/mol. The predicted octanol–water partition coefficient (Wildman–Crippen LogP) is 4.82. The molecular formula is C20H20ClN3O. The molecule has 128 valence electrons. The van der Waals surface area contributed by atoms with Crippen LogP contribution in [0.1, 0.15) is 21.6 Å². The van der Waals surface area contributed by atoms with E-state index in [2.05, 4.69) is 10.3 Å². The third-order valence-corrected chi connectivity index (χ3v) is 4.33. The third kappa shape index (κ3) is 3.59. The summed E-state index contributed by atoms with van der Waals surface area (Å²) in [5, 5.41) is 4.49. The fourth-order valence-corrected chi connectivity index (χ4v) is 2.98. The van der Waals surface area contributed by atoms with Crippen LogP contribution in [0.2, 0.25) is 5.02 Å². The quantitative estimate of drug-likeness (QED) is 0.734. The normalized spacial score (nSPS) is 10.8. The Kier molecular flexibility index (Phi) is 4.64. The van der Waals surface area contributed by atoms with Crippen LogP contribution in [-0.4, -0.2) is 25.0 Å². The van der Waals surface area contributed by atoms with Crippen LogP contribution < -0.4 is 10.2 Å². The maximum atomic E-state index is 12.8. The van der Waals surface area contributed by atoms with E-state index in [-0.39, 0.29) is 5.91 Å². The summed E-state index contributed by atoms with van der Waals surface area (Å²) >= 11 is 6.10. The first kappa shape index (κ1) is 17.2. The van der Waals surface area contributed by atoms with Gasteiger partial charge in [0.15, 0.2) is 0 Å². The Morgan fingerprint density at radius 2 is 1.84 bits per heavy atom. The van der Waals surface area contributed by atoms with Crippen LogP contribution in [0, 0.1) is 13.8 Å². The molecule has 0 aliphatic heterocycles. The molecule has 0 unspecified atom stereocenters. The van der Waals surface area contributed by atoms with Crippen molar-refractivity contribution in [1.82, 2.24) is 4.98 Å². The highest BCUT2D eigenvalue weighted by molar-refractivity contribution is 6.31. The number of rotatable bonds is 3. The van der Waals surface area contributed by atoms with E-state index in [4.69, 9.17) is 11.6 Å². The second kappa shape index (κ2) is 6.73. The van der Waals surface area contributed by atoms with Crippen LogP contribution in [0.4, 0.5) is 11.4 Å². The molecule has 0 saturated heterocycles. The summed E-state index contributed by atoms with van der Waals surface area (Å²) in [6, 6.07) is 13.3. The van der Waals surface area contributed by atoms with Gasteiger partial charge in [0, 0.05) is 24.5 Å². The maximum Gasteiger partial charge on any atom is 0.257 e. The van der Waals surface area contributed by atoms with Crippen molar-refractivity contribution in [3.8, 4) is 0 Å². The van der Waals surface area contributed by atoms with E-state index in [0.29, 0.717) is 22.0 Å². The average molecular weight is 354 g/mol. The number of halogens is 1. The SMILES string of the molecule is Cc1ccc2nc(C)c(C(=O)Nc3cc(Cl)ccc3N(C)C)cc2c1. The van der Waals surface area contributed by atoms with Gasteiger partial charge in [0.05, 0.1) is 28.1 Å². The Morgan fingerprint density at radius 3 is 2.56 bits per heavy atom. The molecule has 0 aliphatic rings. The van der Waals surface area contributed by atoms with E-state index in [9.17, 15) is 4.79 Å². The molecule has 0 atom stereocenters. The summed E-state index contributed by atoms with van der Waals surface area (Å²) in [7, 11) is 3.84. The molecule has 1 heterocycles. The van der Waals surface area contributed by atoms with E-state index in [1.165, 1.54) is 0 Å². The lowest BCUT2D eigenvalue weighted by molar-refractivity contribution is 0.102. The van der Waals surface area contributed by atoms with Gasteiger partial charge < -0.3 is 10.2 Å². The topological polar surface area (TPSA) is 45.2 Å². The number of fused-ring (bicyclic) bond motifs is 1. The Morgan fingerprint density at radius 1 is 1.08 bits per heavy atom. The standard InChI is InChI=1S/C20H20ClN3O/c1-12-5-7-17-14(9-12)10-16(13(2)22-17)20(25)23-18-11-15(21)6-8-19(18)24(3)4/h5-11H,1-4H3,(H,23,25). The molecule has 0 fully saturated rings. The van der Waals surface area contributed by atoms with Crippen LogP contribution in [0.15, 0.2) is 42.5 Å². The molecule has 5 heteroatoms. The lowest BCUT2D eigenvalue weighted by Gasteiger charge is -2.18. The Labute approximate surface area is 152 Å². The molecule has 0 radical (unpaired) electrons. The van der Waals surface area contributed by atoms with E-state index in [1.54, 1.807) is 12.1 Å². The molecule has 1 N–H and O–H groups in total. The molecule has 3 aromatic rings. The molecule has 3 rings (SSSR count). The minimum Gasteiger partial charge on any atom is -0.376 e. The molecule has 1 aromatic heterocycles. The largest absolute Gasteiger partial charge is 0.376 e. The highest BCUT2D eigenvalue weighted by Crippen LogP contribution is 2.29. The minimum atomic E-state index is -0.196. The van der Waals surface area contributed by atoms with E-state index >= 15 is 0 Å². The van der Waals surface area contributed by atoms with Crippen LogP contribution in [0.5, 0.6) is 0 Å². The molecule has 0 spiro atoms. The molecular weight excluding hydrogens is 334 g/mol. The lowest BCUT2D eigenvalue weighted by atomic mass is 10.1. The van der Waals surface area contributed by atoms with Crippen molar-refractivity contribution < 1.29 is 4.79 Å². The third-order valence-electron chi connectivity index (χ3n) is 4.09. The van der Waals surface area contributed by atoms with Gasteiger partial charge in [-0.3, -0.25) is 9.78 Å². The molecule has 25 heavy (non-hydrogen) atoms. The number of pyridine rings is 1. The first-order valence-electron chi connectivity index (χ1n) is 8.01. The van der Waals surface area contributed by atoms with E-state index in [1.807, 2.05) is 63.2 Å². The molecule has 4 nitrogen and oxygen atoms in total. The van der Waals surface area contributed by atoms with E-state index in [0.717, 1.165) is 22.2 Å². The summed E-state index contributed by atoms with van der Waals surface area (Å²) in [6.45, 7) is 3.87. The van der Waals surface area contributed by atoms with Crippen molar-refractivity contribution in [2.75, 3.05) is 24.3 Å². The number of aromatic nitrogens is 1. The highest BCUT2D eigenvalue weighted by atomic mass is 35.5. The number of carbonyl (C=O) groups excluding carboxylic acids is 1. The average Bonchev–Trinajstić information content (AvgIpc) is 2.54. The van der Waals surface area contributed by atoms with Gasteiger partial charge in [-0.15, -0.1) is 0 Å². The van der Waals surface area contributed by atoms with Gasteiger partial charge >= 0.3 is 0 Å². The smallest absolute Gasteiger partial charge is 0.257 e. The van der Waals surface area contributed by atoms with Crippen LogP contribution >= 0.6 is 11.6 Å².